The highest BCUT2D eigenvalue weighted by Gasteiger charge is 2.42. The van der Waals surface area contributed by atoms with Gasteiger partial charge in [-0.05, 0) is 48.2 Å². The maximum atomic E-state index is 14.4. The first-order valence-corrected chi connectivity index (χ1v) is 10.9. The number of rotatable bonds is 3. The van der Waals surface area contributed by atoms with Crippen LogP contribution in [0.1, 0.15) is 48.0 Å². The van der Waals surface area contributed by atoms with E-state index in [9.17, 15) is 13.6 Å². The third kappa shape index (κ3) is 3.70. The maximum absolute atomic E-state index is 14.4. The van der Waals surface area contributed by atoms with Crippen LogP contribution >= 0.6 is 0 Å². The molecule has 2 aromatic rings. The van der Waals surface area contributed by atoms with Crippen molar-refractivity contribution < 1.29 is 23.0 Å². The lowest BCUT2D eigenvalue weighted by Crippen LogP contribution is -2.54. The second-order valence-corrected chi connectivity index (χ2v) is 8.64. The highest BCUT2D eigenvalue weighted by atomic mass is 19.1. The van der Waals surface area contributed by atoms with Crippen molar-refractivity contribution in [3.63, 3.8) is 0 Å². The van der Waals surface area contributed by atoms with E-state index in [-0.39, 0.29) is 0 Å². The molecular weight excluding hydrogens is 402 g/mol. The van der Waals surface area contributed by atoms with E-state index in [2.05, 4.69) is 10.2 Å². The molecule has 164 valence electrons. The van der Waals surface area contributed by atoms with Gasteiger partial charge in [0.25, 0.3) is 5.91 Å². The van der Waals surface area contributed by atoms with Gasteiger partial charge in [0.15, 0.2) is 0 Å². The fourth-order valence-electron chi connectivity index (χ4n) is 4.72. The van der Waals surface area contributed by atoms with Crippen LogP contribution in [-0.2, 0) is 11.3 Å². The van der Waals surface area contributed by atoms with Gasteiger partial charge >= 0.3 is 0 Å². The molecular formula is C24H26F2N2O3. The van der Waals surface area contributed by atoms with Gasteiger partial charge in [-0.3, -0.25) is 9.69 Å². The van der Waals surface area contributed by atoms with E-state index in [1.807, 2.05) is 12.1 Å². The average Bonchev–Trinajstić information content (AvgIpc) is 2.73. The summed E-state index contributed by atoms with van der Waals surface area (Å²) in [7, 11) is 1.34. The molecule has 1 aliphatic carbocycles. The topological polar surface area (TPSA) is 50.8 Å². The predicted octanol–water partition coefficient (Wildman–Crippen LogP) is 4.25. The van der Waals surface area contributed by atoms with E-state index in [0.29, 0.717) is 17.7 Å². The van der Waals surface area contributed by atoms with Crippen molar-refractivity contribution in [3.05, 3.63) is 53.1 Å². The lowest BCUT2D eigenvalue weighted by atomic mass is 9.89. The van der Waals surface area contributed by atoms with Gasteiger partial charge in [-0.25, -0.2) is 8.78 Å². The van der Waals surface area contributed by atoms with Crippen LogP contribution in [0.25, 0.3) is 11.1 Å². The molecule has 0 radical (unpaired) electrons. The Hall–Kier alpha value is -2.51. The van der Waals surface area contributed by atoms with Crippen LogP contribution in [0.3, 0.4) is 0 Å². The fraction of sp³-hybridized carbons (Fsp3) is 0.458. The first-order valence-electron chi connectivity index (χ1n) is 10.9. The summed E-state index contributed by atoms with van der Waals surface area (Å²) in [6.07, 6.45) is 5.60. The van der Waals surface area contributed by atoms with Gasteiger partial charge in [0.2, 0.25) is 5.79 Å². The normalized spacial score (nSPS) is 20.6. The molecule has 0 bridgehead atoms. The zero-order valence-corrected chi connectivity index (χ0v) is 17.5. The number of hydrogen-bond acceptors (Lipinski definition) is 4. The number of nitrogens with one attached hydrogen (secondary N) is 1. The smallest absolute Gasteiger partial charge is 0.256 e. The molecule has 7 heteroatoms. The van der Waals surface area contributed by atoms with Crippen LogP contribution in [0.4, 0.5) is 8.78 Å². The van der Waals surface area contributed by atoms with Crippen molar-refractivity contribution in [2.75, 3.05) is 20.1 Å². The zero-order chi connectivity index (χ0) is 21.6. The van der Waals surface area contributed by atoms with Crippen molar-refractivity contribution in [2.24, 2.45) is 0 Å². The first-order chi connectivity index (χ1) is 15.0. The second kappa shape index (κ2) is 7.88. The Labute approximate surface area is 180 Å². The van der Waals surface area contributed by atoms with Crippen molar-refractivity contribution in [2.45, 2.75) is 50.5 Å². The second-order valence-electron chi connectivity index (χ2n) is 8.64. The molecule has 2 aliphatic heterocycles. The highest BCUT2D eigenvalue weighted by Crippen LogP contribution is 2.40. The highest BCUT2D eigenvalue weighted by molar-refractivity contribution is 5.95. The van der Waals surface area contributed by atoms with Crippen molar-refractivity contribution in [3.8, 4) is 16.9 Å². The molecule has 1 N–H and O–H groups in total. The summed E-state index contributed by atoms with van der Waals surface area (Å²) in [5, 5.41) is 2.25. The molecule has 1 saturated carbocycles. The van der Waals surface area contributed by atoms with Gasteiger partial charge in [-0.2, -0.15) is 0 Å². The van der Waals surface area contributed by atoms with Crippen molar-refractivity contribution in [1.82, 2.24) is 10.2 Å². The molecule has 1 spiro atoms. The van der Waals surface area contributed by atoms with Crippen molar-refractivity contribution in [1.29, 1.82) is 0 Å². The van der Waals surface area contributed by atoms with Crippen molar-refractivity contribution >= 4 is 5.91 Å². The third-order valence-electron chi connectivity index (χ3n) is 6.83. The van der Waals surface area contributed by atoms with Crippen LogP contribution in [0.15, 0.2) is 30.3 Å². The Morgan fingerprint density at radius 1 is 1.10 bits per heavy atom. The standard InChI is InChI=1S/C24H26F2N2O3/c1-27-23(29)22-19(25)12-16(13-20(22)26)15-5-6-21-17(11-15)14-30-24(31-21)7-9-28(10-8-24)18-3-2-4-18/h5-6,11-13,18H,2-4,7-10,14H2,1H3,(H,27,29). The van der Waals surface area contributed by atoms with Gasteiger partial charge in [0.1, 0.15) is 22.9 Å². The zero-order valence-electron chi connectivity index (χ0n) is 17.5. The number of carbonyl (C=O) groups excluding carboxylic acids is 1. The number of benzene rings is 2. The molecule has 5 nitrogen and oxygen atoms in total. The number of carbonyl (C=O) groups is 1. The number of halogens is 2. The largest absolute Gasteiger partial charge is 0.462 e. The Kier molecular flexibility index (Phi) is 5.18. The summed E-state index contributed by atoms with van der Waals surface area (Å²) in [5.41, 5.74) is 1.27. The van der Waals surface area contributed by atoms with Gasteiger partial charge in [0.05, 0.1) is 6.61 Å². The Balaban J connectivity index is 1.34. The minimum absolute atomic E-state index is 0.361. The molecule has 0 atom stereocenters. The van der Waals surface area contributed by atoms with Crippen LogP contribution in [0, 0.1) is 11.6 Å². The summed E-state index contributed by atoms with van der Waals surface area (Å²) in [6, 6.07) is 8.55. The molecule has 1 saturated heterocycles. The van der Waals surface area contributed by atoms with E-state index in [4.69, 9.17) is 9.47 Å². The molecule has 5 rings (SSSR count). The summed E-state index contributed by atoms with van der Waals surface area (Å²) >= 11 is 0. The summed E-state index contributed by atoms with van der Waals surface area (Å²) < 4.78 is 41.2. The maximum Gasteiger partial charge on any atom is 0.256 e. The molecule has 0 aromatic heterocycles. The van der Waals surface area contributed by atoms with Gasteiger partial charge in [-0.1, -0.05) is 12.5 Å². The molecule has 31 heavy (non-hydrogen) atoms. The number of hydrogen-bond donors (Lipinski definition) is 1. The van der Waals surface area contributed by atoms with E-state index < -0.39 is 28.9 Å². The minimum Gasteiger partial charge on any atom is -0.462 e. The van der Waals surface area contributed by atoms with E-state index in [0.717, 1.165) is 43.3 Å². The monoisotopic (exact) mass is 428 g/mol. The number of ether oxygens (including phenoxy) is 2. The van der Waals surface area contributed by atoms with E-state index in [1.165, 1.54) is 38.4 Å². The minimum atomic E-state index is -0.892. The first kappa shape index (κ1) is 20.4. The van der Waals surface area contributed by atoms with E-state index in [1.54, 1.807) is 6.07 Å². The Bertz CT molecular complexity index is 991. The van der Waals surface area contributed by atoms with Gasteiger partial charge in [0, 0.05) is 44.6 Å². The van der Waals surface area contributed by atoms with Crippen LogP contribution < -0.4 is 10.1 Å². The lowest BCUT2D eigenvalue weighted by molar-refractivity contribution is -0.231. The Morgan fingerprint density at radius 2 is 1.81 bits per heavy atom. The lowest BCUT2D eigenvalue weighted by Gasteiger charge is -2.47. The molecule has 1 amide bonds. The van der Waals surface area contributed by atoms with E-state index >= 15 is 0 Å². The van der Waals surface area contributed by atoms with Gasteiger partial charge < -0.3 is 14.8 Å². The predicted molar refractivity (Wildman–Crippen MR) is 112 cm³/mol. The third-order valence-corrected chi connectivity index (χ3v) is 6.83. The number of piperidine rings is 1. The molecule has 3 aliphatic rings. The number of fused-ring (bicyclic) bond motifs is 1. The Morgan fingerprint density at radius 3 is 2.42 bits per heavy atom. The van der Waals surface area contributed by atoms with Gasteiger partial charge in [-0.15, -0.1) is 0 Å². The summed E-state index contributed by atoms with van der Waals surface area (Å²) in [4.78, 5) is 14.2. The van der Waals surface area contributed by atoms with Crippen LogP contribution in [-0.4, -0.2) is 42.8 Å². The molecule has 2 heterocycles. The average molecular weight is 428 g/mol. The SMILES string of the molecule is CNC(=O)c1c(F)cc(-c2ccc3c(c2)COC2(CCN(C4CCC4)CC2)O3)cc1F. The number of nitrogens with zero attached hydrogens (tertiary/aromatic N) is 1. The summed E-state index contributed by atoms with van der Waals surface area (Å²) in [5.74, 6) is -2.40. The number of amides is 1. The molecule has 0 unspecified atom stereocenters. The molecule has 2 fully saturated rings. The summed E-state index contributed by atoms with van der Waals surface area (Å²) in [6.45, 7) is 2.36. The van der Waals surface area contributed by atoms with Crippen LogP contribution in [0.5, 0.6) is 5.75 Å². The number of likely N-dealkylation sites (tertiary alicyclic amines) is 1. The van der Waals surface area contributed by atoms with Crippen LogP contribution in [0.2, 0.25) is 0 Å². The quantitative estimate of drug-likeness (QED) is 0.794. The fourth-order valence-corrected chi connectivity index (χ4v) is 4.72. The molecule has 2 aromatic carbocycles.